The molecule has 5 rings (SSSR count). The molecule has 174 valence electrons. The van der Waals surface area contributed by atoms with Gasteiger partial charge in [-0.2, -0.15) is 0 Å². The van der Waals surface area contributed by atoms with Crippen LogP contribution < -0.4 is 0 Å². The van der Waals surface area contributed by atoms with Gasteiger partial charge in [-0.05, 0) is 43.8 Å². The van der Waals surface area contributed by atoms with Crippen LogP contribution in [0.2, 0.25) is 63.5 Å². The van der Waals surface area contributed by atoms with Crippen LogP contribution in [0.15, 0.2) is 21.2 Å². The first-order valence-electron chi connectivity index (χ1n) is 13.2. The van der Waals surface area contributed by atoms with Crippen molar-refractivity contribution in [2.24, 2.45) is 23.7 Å². The van der Waals surface area contributed by atoms with Gasteiger partial charge in [-0.25, -0.2) is 0 Å². The number of hydrogen-bond acceptors (Lipinski definition) is 2. The van der Waals surface area contributed by atoms with Crippen LogP contribution in [0.3, 0.4) is 0 Å². The Hall–Kier alpha value is 0.831. The molecule has 0 bridgehead atoms. The molecule has 7 unspecified atom stereocenters. The van der Waals surface area contributed by atoms with Gasteiger partial charge in [-0.3, -0.25) is 0 Å². The van der Waals surface area contributed by atoms with Gasteiger partial charge in [0, 0.05) is 10.5 Å². The summed E-state index contributed by atoms with van der Waals surface area (Å²) in [7, 11) is -3.80. The molecular formula is C26H46S2Si3. The molecule has 31 heavy (non-hydrogen) atoms. The van der Waals surface area contributed by atoms with E-state index >= 15 is 0 Å². The molecule has 0 amide bonds. The quantitative estimate of drug-likeness (QED) is 0.349. The highest BCUT2D eigenvalue weighted by Crippen LogP contribution is 2.69. The average molecular weight is 507 g/mol. The summed E-state index contributed by atoms with van der Waals surface area (Å²) in [5.41, 5.74) is 2.12. The molecular weight excluding hydrogens is 461 g/mol. The largest absolute Gasteiger partial charge is 0.131 e. The van der Waals surface area contributed by atoms with E-state index in [1.165, 1.54) is 12.8 Å². The maximum Gasteiger partial charge on any atom is 0.0853 e. The summed E-state index contributed by atoms with van der Waals surface area (Å²) < 4.78 is 3.69. The van der Waals surface area contributed by atoms with Crippen molar-refractivity contribution in [2.45, 2.75) is 112 Å². The molecule has 2 aliphatic heterocycles. The molecule has 0 aromatic carbocycles. The van der Waals surface area contributed by atoms with Crippen molar-refractivity contribution in [3.8, 4) is 0 Å². The van der Waals surface area contributed by atoms with Crippen LogP contribution in [0.5, 0.6) is 0 Å². The number of fused-ring (bicyclic) bond motifs is 4. The number of allylic oxidation sites excluding steroid dienone is 2. The highest BCUT2D eigenvalue weighted by molar-refractivity contribution is 8.07. The maximum absolute atomic E-state index is 2.87. The fraction of sp³-hybridized carbons (Fsp3) is 0.846. The smallest absolute Gasteiger partial charge is 0.0853 e. The Labute approximate surface area is 204 Å². The standard InChI is InChI=1S/C26H46S2Si3/c1-29(2,3)22-15-19-20-16-23(30(4,5)6)28-25(20)26(24(19)27-22)31(7,8)21-14-13-17-11-9-10-12-18(17)21/h15-21,24-26H,9-14H2,1-8H3. The minimum atomic E-state index is -1.37. The van der Waals surface area contributed by atoms with Crippen LogP contribution in [0, 0.1) is 23.7 Å². The van der Waals surface area contributed by atoms with Gasteiger partial charge >= 0.3 is 0 Å². The maximum atomic E-state index is 2.87. The van der Waals surface area contributed by atoms with Gasteiger partial charge in [-0.15, -0.1) is 23.5 Å². The van der Waals surface area contributed by atoms with Crippen molar-refractivity contribution in [3.05, 3.63) is 21.2 Å². The lowest BCUT2D eigenvalue weighted by Crippen LogP contribution is -2.46. The first kappa shape index (κ1) is 23.6. The third kappa shape index (κ3) is 3.92. The van der Waals surface area contributed by atoms with Gasteiger partial charge in [0.25, 0.3) is 0 Å². The lowest BCUT2D eigenvalue weighted by Gasteiger charge is -2.45. The van der Waals surface area contributed by atoms with E-state index < -0.39 is 24.2 Å². The summed E-state index contributed by atoms with van der Waals surface area (Å²) in [4.78, 5) is 0. The Kier molecular flexibility index (Phi) is 6.03. The average Bonchev–Trinajstić information content (AvgIpc) is 3.39. The molecule has 0 spiro atoms. The molecule has 0 aromatic heterocycles. The Bertz CT molecular complexity index is 743. The van der Waals surface area contributed by atoms with Crippen LogP contribution in [-0.4, -0.2) is 34.7 Å². The van der Waals surface area contributed by atoms with E-state index in [1.807, 2.05) is 9.06 Å². The second-order valence-corrected chi connectivity index (χ2v) is 32.4. The summed E-state index contributed by atoms with van der Waals surface area (Å²) >= 11 is 4.81. The topological polar surface area (TPSA) is 0 Å². The van der Waals surface area contributed by atoms with E-state index in [4.69, 9.17) is 0 Å². The predicted molar refractivity (Wildman–Crippen MR) is 152 cm³/mol. The van der Waals surface area contributed by atoms with Gasteiger partial charge in [-0.1, -0.05) is 103 Å². The van der Waals surface area contributed by atoms with E-state index in [-0.39, 0.29) is 0 Å². The van der Waals surface area contributed by atoms with Gasteiger partial charge in [0.15, 0.2) is 0 Å². The zero-order chi connectivity index (χ0) is 22.3. The molecule has 3 aliphatic carbocycles. The molecule has 0 aromatic rings. The molecule has 5 aliphatic rings. The van der Waals surface area contributed by atoms with E-state index in [9.17, 15) is 0 Å². The van der Waals surface area contributed by atoms with Crippen LogP contribution in [-0.2, 0) is 0 Å². The Morgan fingerprint density at radius 1 is 0.677 bits per heavy atom. The second kappa shape index (κ2) is 7.93. The van der Waals surface area contributed by atoms with Crippen molar-refractivity contribution in [3.63, 3.8) is 0 Å². The Balaban J connectivity index is 1.50. The Morgan fingerprint density at radius 3 is 1.71 bits per heavy atom. The summed E-state index contributed by atoms with van der Waals surface area (Å²) in [5.74, 6) is 3.88. The van der Waals surface area contributed by atoms with Crippen molar-refractivity contribution in [1.82, 2.24) is 0 Å². The first-order valence-corrected chi connectivity index (χ1v) is 25.1. The Morgan fingerprint density at radius 2 is 1.19 bits per heavy atom. The normalized spacial score (nSPS) is 42.8. The lowest BCUT2D eigenvalue weighted by atomic mass is 9.82. The number of rotatable bonds is 4. The van der Waals surface area contributed by atoms with Crippen LogP contribution >= 0.6 is 23.5 Å². The highest BCUT2D eigenvalue weighted by atomic mass is 32.2. The minimum Gasteiger partial charge on any atom is -0.131 e. The van der Waals surface area contributed by atoms with Gasteiger partial charge in [0.2, 0.25) is 0 Å². The van der Waals surface area contributed by atoms with Crippen LogP contribution in [0.1, 0.15) is 38.5 Å². The fourth-order valence-corrected chi connectivity index (χ4v) is 23.4. The fourth-order valence-electron chi connectivity index (χ4n) is 8.14. The first-order chi connectivity index (χ1) is 14.4. The second-order valence-electron chi connectivity index (χ2n) is 14.1. The summed E-state index contributed by atoms with van der Waals surface area (Å²) in [6.45, 7) is 21.2. The zero-order valence-electron chi connectivity index (χ0n) is 21.3. The van der Waals surface area contributed by atoms with Crippen molar-refractivity contribution in [2.75, 3.05) is 0 Å². The lowest BCUT2D eigenvalue weighted by molar-refractivity contribution is 0.274. The van der Waals surface area contributed by atoms with Gasteiger partial charge < -0.3 is 0 Å². The summed E-state index contributed by atoms with van der Waals surface area (Å²) in [6.07, 6.45) is 15.0. The molecule has 5 heteroatoms. The minimum absolute atomic E-state index is 0.846. The third-order valence-electron chi connectivity index (χ3n) is 9.75. The summed E-state index contributed by atoms with van der Waals surface area (Å²) in [6, 6.07) is 0. The van der Waals surface area contributed by atoms with E-state index in [0.717, 1.165) is 45.3 Å². The molecule has 0 nitrogen and oxygen atoms in total. The highest BCUT2D eigenvalue weighted by Gasteiger charge is 2.62. The van der Waals surface area contributed by atoms with E-state index in [1.54, 1.807) is 25.7 Å². The van der Waals surface area contributed by atoms with Crippen LogP contribution in [0.25, 0.3) is 0 Å². The van der Waals surface area contributed by atoms with E-state index in [0.29, 0.717) is 0 Å². The third-order valence-corrected chi connectivity index (χ3v) is 25.5. The molecule has 0 radical (unpaired) electrons. The van der Waals surface area contributed by atoms with Crippen molar-refractivity contribution in [1.29, 1.82) is 0 Å². The molecule has 3 fully saturated rings. The number of thioether (sulfide) groups is 2. The predicted octanol–water partition coefficient (Wildman–Crippen LogP) is 9.03. The monoisotopic (exact) mass is 506 g/mol. The summed E-state index contributed by atoms with van der Waals surface area (Å²) in [5, 5.41) is 1.82. The van der Waals surface area contributed by atoms with Gasteiger partial charge in [0.05, 0.1) is 24.2 Å². The van der Waals surface area contributed by atoms with Crippen LogP contribution in [0.4, 0.5) is 0 Å². The number of hydrogen-bond donors (Lipinski definition) is 0. The van der Waals surface area contributed by atoms with E-state index in [2.05, 4.69) is 88.1 Å². The molecule has 7 atom stereocenters. The molecule has 3 saturated carbocycles. The van der Waals surface area contributed by atoms with Gasteiger partial charge in [0.1, 0.15) is 0 Å². The SMILES string of the molecule is C[Si](C)(C)C1=CC2C3C=C([Si](C)(C)C)SC3C([Si](C)(C)C3CCC4CCCCC43)C2S1. The van der Waals surface area contributed by atoms with Crippen molar-refractivity contribution >= 4 is 47.7 Å². The molecule has 2 heterocycles. The van der Waals surface area contributed by atoms with Crippen molar-refractivity contribution < 1.29 is 0 Å². The zero-order valence-corrected chi connectivity index (χ0v) is 26.0. The molecule has 0 N–H and O–H groups in total. The molecule has 0 saturated heterocycles.